The van der Waals surface area contributed by atoms with Crippen LogP contribution in [-0.4, -0.2) is 60.6 Å². The van der Waals surface area contributed by atoms with E-state index in [1.165, 1.54) is 5.56 Å². The number of amides is 3. The van der Waals surface area contributed by atoms with Crippen molar-refractivity contribution >= 4 is 11.9 Å². The van der Waals surface area contributed by atoms with E-state index in [0.717, 1.165) is 57.5 Å². The highest BCUT2D eigenvalue weighted by molar-refractivity contribution is 5.77. The number of rotatable bonds is 3. The quantitative estimate of drug-likeness (QED) is 0.889. The van der Waals surface area contributed by atoms with E-state index in [0.29, 0.717) is 37.4 Å². The van der Waals surface area contributed by atoms with Crippen molar-refractivity contribution in [2.75, 3.05) is 32.8 Å². The van der Waals surface area contributed by atoms with E-state index in [4.69, 9.17) is 4.74 Å². The molecule has 2 fully saturated rings. The molecular weight excluding hydrogens is 342 g/mol. The van der Waals surface area contributed by atoms with Gasteiger partial charge in [0, 0.05) is 44.6 Å². The first-order valence-electron chi connectivity index (χ1n) is 10.3. The third-order valence-corrected chi connectivity index (χ3v) is 6.13. The summed E-state index contributed by atoms with van der Waals surface area (Å²) in [4.78, 5) is 28.7. The van der Waals surface area contributed by atoms with Crippen molar-refractivity contribution in [2.24, 2.45) is 0 Å². The summed E-state index contributed by atoms with van der Waals surface area (Å²) in [6, 6.07) is 8.42. The fraction of sp³-hybridized carbons (Fsp3) is 0.619. The van der Waals surface area contributed by atoms with Crippen LogP contribution in [0.1, 0.15) is 50.0 Å². The van der Waals surface area contributed by atoms with Gasteiger partial charge in [0.25, 0.3) is 0 Å². The second kappa shape index (κ2) is 8.19. The van der Waals surface area contributed by atoms with Crippen LogP contribution in [-0.2, 0) is 4.79 Å². The molecule has 0 bridgehead atoms. The fourth-order valence-electron chi connectivity index (χ4n) is 4.54. The molecule has 3 aliphatic heterocycles. The van der Waals surface area contributed by atoms with Crippen molar-refractivity contribution in [3.05, 3.63) is 29.8 Å². The Morgan fingerprint density at radius 2 is 1.93 bits per heavy atom. The van der Waals surface area contributed by atoms with Crippen molar-refractivity contribution < 1.29 is 14.3 Å². The minimum atomic E-state index is 0.0161. The number of ether oxygens (including phenoxy) is 1. The van der Waals surface area contributed by atoms with Crippen LogP contribution in [0.4, 0.5) is 4.79 Å². The van der Waals surface area contributed by atoms with Crippen LogP contribution in [0.3, 0.4) is 0 Å². The highest BCUT2D eigenvalue weighted by Crippen LogP contribution is 2.32. The minimum Gasteiger partial charge on any atom is -0.493 e. The second-order valence-corrected chi connectivity index (χ2v) is 7.82. The zero-order chi connectivity index (χ0) is 18.6. The average Bonchev–Trinajstić information content (AvgIpc) is 2.72. The van der Waals surface area contributed by atoms with E-state index in [1.54, 1.807) is 0 Å². The van der Waals surface area contributed by atoms with Crippen molar-refractivity contribution in [3.8, 4) is 5.75 Å². The highest BCUT2D eigenvalue weighted by atomic mass is 16.5. The van der Waals surface area contributed by atoms with Gasteiger partial charge in [-0.25, -0.2) is 4.79 Å². The van der Waals surface area contributed by atoms with Gasteiger partial charge in [-0.1, -0.05) is 18.2 Å². The number of likely N-dealkylation sites (tertiary alicyclic amines) is 2. The van der Waals surface area contributed by atoms with Crippen molar-refractivity contribution in [1.82, 2.24) is 15.1 Å². The number of carbonyl (C=O) groups excluding carboxylic acids is 2. The molecule has 1 aromatic carbocycles. The third kappa shape index (κ3) is 4.04. The van der Waals surface area contributed by atoms with Gasteiger partial charge in [0.15, 0.2) is 0 Å². The lowest BCUT2D eigenvalue weighted by molar-refractivity contribution is -0.136. The molecular formula is C21H29N3O3. The molecule has 0 aromatic heterocycles. The molecule has 1 atom stereocenters. The molecule has 6 heteroatoms. The highest BCUT2D eigenvalue weighted by Gasteiger charge is 2.31. The van der Waals surface area contributed by atoms with Crippen LogP contribution >= 0.6 is 0 Å². The molecule has 1 unspecified atom stereocenters. The topological polar surface area (TPSA) is 61.9 Å². The predicted octanol–water partition coefficient (Wildman–Crippen LogP) is 2.74. The SMILES string of the molecule is O=C(NCC1CCOc2ccccc21)N1CCC(N2CCCCC2=O)CC1. The number of para-hydroxylation sites is 1. The van der Waals surface area contributed by atoms with Crippen LogP contribution < -0.4 is 10.1 Å². The molecule has 0 spiro atoms. The summed E-state index contributed by atoms with van der Waals surface area (Å²) in [6.45, 7) is 3.69. The molecule has 3 heterocycles. The molecule has 1 N–H and O–H groups in total. The van der Waals surface area contributed by atoms with Gasteiger partial charge in [0.2, 0.25) is 5.91 Å². The number of benzene rings is 1. The van der Waals surface area contributed by atoms with E-state index < -0.39 is 0 Å². The van der Waals surface area contributed by atoms with Gasteiger partial charge < -0.3 is 19.9 Å². The van der Waals surface area contributed by atoms with Gasteiger partial charge in [-0.2, -0.15) is 0 Å². The molecule has 146 valence electrons. The van der Waals surface area contributed by atoms with Crippen molar-refractivity contribution in [1.29, 1.82) is 0 Å². The normalized spacial score (nSPS) is 23.6. The Morgan fingerprint density at radius 1 is 1.11 bits per heavy atom. The predicted molar refractivity (Wildman–Crippen MR) is 103 cm³/mol. The van der Waals surface area contributed by atoms with Gasteiger partial charge >= 0.3 is 6.03 Å². The lowest BCUT2D eigenvalue weighted by atomic mass is 9.93. The second-order valence-electron chi connectivity index (χ2n) is 7.82. The van der Waals surface area contributed by atoms with Gasteiger partial charge in [-0.05, 0) is 43.7 Å². The first-order chi connectivity index (χ1) is 13.2. The summed E-state index contributed by atoms with van der Waals surface area (Å²) in [6.07, 6.45) is 5.52. The van der Waals surface area contributed by atoms with Crippen LogP contribution in [0.25, 0.3) is 0 Å². The molecule has 4 rings (SSSR count). The minimum absolute atomic E-state index is 0.0161. The maximum atomic E-state index is 12.6. The number of carbonyl (C=O) groups is 2. The van der Waals surface area contributed by atoms with Crippen LogP contribution in [0.5, 0.6) is 5.75 Å². The largest absolute Gasteiger partial charge is 0.493 e. The lowest BCUT2D eigenvalue weighted by Gasteiger charge is -2.40. The summed E-state index contributed by atoms with van der Waals surface area (Å²) in [5.41, 5.74) is 1.19. The number of urea groups is 1. The summed E-state index contributed by atoms with van der Waals surface area (Å²) < 4.78 is 5.70. The van der Waals surface area contributed by atoms with Crippen molar-refractivity contribution in [2.45, 2.75) is 50.5 Å². The van der Waals surface area contributed by atoms with E-state index in [2.05, 4.69) is 16.3 Å². The lowest BCUT2D eigenvalue weighted by Crippen LogP contribution is -2.52. The Labute approximate surface area is 160 Å². The molecule has 0 aliphatic carbocycles. The van der Waals surface area contributed by atoms with E-state index >= 15 is 0 Å². The van der Waals surface area contributed by atoms with Gasteiger partial charge in [-0.15, -0.1) is 0 Å². The Morgan fingerprint density at radius 3 is 2.74 bits per heavy atom. The fourth-order valence-corrected chi connectivity index (χ4v) is 4.54. The van der Waals surface area contributed by atoms with Crippen LogP contribution in [0.15, 0.2) is 24.3 Å². The Hall–Kier alpha value is -2.24. The summed E-state index contributed by atoms with van der Waals surface area (Å²) in [7, 11) is 0. The van der Waals surface area contributed by atoms with Crippen molar-refractivity contribution in [3.63, 3.8) is 0 Å². The summed E-state index contributed by atoms with van der Waals surface area (Å²) in [5.74, 6) is 1.54. The van der Waals surface area contributed by atoms with E-state index in [1.807, 2.05) is 23.1 Å². The molecule has 27 heavy (non-hydrogen) atoms. The van der Waals surface area contributed by atoms with Crippen LogP contribution in [0, 0.1) is 0 Å². The first-order valence-corrected chi connectivity index (χ1v) is 10.3. The number of fused-ring (bicyclic) bond motifs is 1. The Kier molecular flexibility index (Phi) is 5.50. The Bertz CT molecular complexity index is 685. The maximum Gasteiger partial charge on any atom is 0.317 e. The zero-order valence-electron chi connectivity index (χ0n) is 15.9. The smallest absolute Gasteiger partial charge is 0.317 e. The molecule has 0 saturated carbocycles. The number of hydrogen-bond acceptors (Lipinski definition) is 3. The average molecular weight is 371 g/mol. The van der Waals surface area contributed by atoms with Crippen LogP contribution in [0.2, 0.25) is 0 Å². The molecule has 3 amide bonds. The van der Waals surface area contributed by atoms with E-state index in [-0.39, 0.29) is 6.03 Å². The molecule has 1 aromatic rings. The van der Waals surface area contributed by atoms with Gasteiger partial charge in [-0.3, -0.25) is 4.79 Å². The maximum absolute atomic E-state index is 12.6. The molecule has 2 saturated heterocycles. The third-order valence-electron chi connectivity index (χ3n) is 6.13. The Balaban J connectivity index is 1.26. The summed E-state index contributed by atoms with van der Waals surface area (Å²) in [5, 5.41) is 3.12. The number of nitrogens with one attached hydrogen (secondary N) is 1. The number of nitrogens with zero attached hydrogens (tertiary/aromatic N) is 2. The first kappa shape index (κ1) is 18.1. The van der Waals surface area contributed by atoms with Gasteiger partial charge in [0.05, 0.1) is 6.61 Å². The zero-order valence-corrected chi connectivity index (χ0v) is 15.9. The van der Waals surface area contributed by atoms with Gasteiger partial charge in [0.1, 0.15) is 5.75 Å². The number of hydrogen-bond donors (Lipinski definition) is 1. The summed E-state index contributed by atoms with van der Waals surface area (Å²) >= 11 is 0. The molecule has 0 radical (unpaired) electrons. The molecule has 6 nitrogen and oxygen atoms in total. The van der Waals surface area contributed by atoms with E-state index in [9.17, 15) is 9.59 Å². The standard InChI is InChI=1S/C21H29N3O3/c25-20-7-3-4-11-24(20)17-8-12-23(13-9-17)21(26)22-15-16-10-14-27-19-6-2-1-5-18(16)19/h1-2,5-6,16-17H,3-4,7-15H2,(H,22,26). The number of piperidine rings is 2. The molecule has 3 aliphatic rings. The monoisotopic (exact) mass is 371 g/mol.